The van der Waals surface area contributed by atoms with Gasteiger partial charge in [-0.05, 0) is 84.5 Å². The lowest BCUT2D eigenvalue weighted by molar-refractivity contribution is 0.00265. The summed E-state index contributed by atoms with van der Waals surface area (Å²) in [6.07, 6.45) is 0.958. The molecular weight excluding hydrogens is 928 g/mol. The Morgan fingerprint density at radius 1 is 0.667 bits per heavy atom. The highest BCUT2D eigenvalue weighted by Gasteiger charge is 2.49. The number of halogens is 1. The van der Waals surface area contributed by atoms with E-state index in [1.54, 1.807) is 53.0 Å². The zero-order valence-corrected chi connectivity index (χ0v) is 45.0. The second kappa shape index (κ2) is 21.6. The van der Waals surface area contributed by atoms with Gasteiger partial charge in [-0.3, -0.25) is 9.59 Å². The van der Waals surface area contributed by atoms with E-state index in [1.807, 2.05) is 47.8 Å². The van der Waals surface area contributed by atoms with Crippen molar-refractivity contribution < 1.29 is 33.7 Å². The van der Waals surface area contributed by atoms with Crippen molar-refractivity contribution in [1.29, 1.82) is 0 Å². The molecule has 4 N–H and O–H groups in total. The van der Waals surface area contributed by atoms with Crippen molar-refractivity contribution in [2.75, 3.05) is 10.6 Å². The van der Waals surface area contributed by atoms with Crippen LogP contribution in [0.3, 0.4) is 0 Å². The lowest BCUT2D eigenvalue weighted by Crippen LogP contribution is -2.46. The van der Waals surface area contributed by atoms with Crippen LogP contribution in [0, 0.1) is 5.92 Å². The largest absolute Gasteiger partial charge is 0.410 e. The third-order valence-electron chi connectivity index (χ3n) is 14.0. The lowest BCUT2D eigenvalue weighted by atomic mass is 9.96. The first-order valence-corrected chi connectivity index (χ1v) is 30.7. The highest BCUT2D eigenvalue weighted by Crippen LogP contribution is 2.46. The predicted molar refractivity (Wildman–Crippen MR) is 277 cm³/mol. The normalized spacial score (nSPS) is 23.0. The van der Waals surface area contributed by atoms with E-state index in [1.165, 1.54) is 12.7 Å². The summed E-state index contributed by atoms with van der Waals surface area (Å²) in [6, 6.07) is 25.4. The predicted octanol–water partition coefficient (Wildman–Crippen LogP) is 10.6. The van der Waals surface area contributed by atoms with Gasteiger partial charge in [0.1, 0.15) is 48.1 Å². The number of hydrogen-bond acceptors (Lipinski definition) is 11. The Morgan fingerprint density at radius 2 is 1.09 bits per heavy atom. The van der Waals surface area contributed by atoms with Gasteiger partial charge in [-0.2, -0.15) is 21.3 Å². The molecule has 8 atom stereocenters. The van der Waals surface area contributed by atoms with Crippen LogP contribution in [-0.4, -0.2) is 97.4 Å². The number of aromatic nitrogens is 6. The Morgan fingerprint density at radius 3 is 1.48 bits per heavy atom. The molecule has 0 radical (unpaired) electrons. The summed E-state index contributed by atoms with van der Waals surface area (Å²) in [5.41, 5.74) is 3.90. The molecule has 2 aliphatic rings. The lowest BCUT2D eigenvalue weighted by Gasteiger charge is -2.40. The van der Waals surface area contributed by atoms with Crippen molar-refractivity contribution in [3.05, 3.63) is 120 Å². The number of nitrogens with zero attached hydrogens (tertiary/aromatic N) is 6. The van der Waals surface area contributed by atoms with Gasteiger partial charge in [0.15, 0.2) is 27.3 Å². The first-order chi connectivity index (χ1) is 32.4. The molecule has 0 saturated carbocycles. The van der Waals surface area contributed by atoms with E-state index < -0.39 is 40.1 Å². The Bertz CT molecular complexity index is 2650. The minimum atomic E-state index is -2.03. The third kappa shape index (κ3) is 12.0. The van der Waals surface area contributed by atoms with Gasteiger partial charge in [-0.25, -0.2) is 19.0 Å². The molecule has 0 unspecified atom stereocenters. The molecule has 0 aliphatic carbocycles. The molecule has 6 aromatic rings. The zero-order valence-electron chi connectivity index (χ0n) is 42.3. The van der Waals surface area contributed by atoms with Gasteiger partial charge in [0, 0.05) is 17.0 Å². The fraction of sp³-hybridized carbons (Fsp3) is 0.490. The summed E-state index contributed by atoms with van der Waals surface area (Å²) in [5.74, 6) is 0.589. The maximum atomic E-state index is 12.7. The second-order valence-electron chi connectivity index (χ2n) is 20.9. The van der Waals surface area contributed by atoms with Crippen LogP contribution in [0.5, 0.6) is 0 Å². The van der Waals surface area contributed by atoms with E-state index in [0.29, 0.717) is 45.4 Å². The van der Waals surface area contributed by atoms with Crippen LogP contribution in [0.4, 0.5) is 11.6 Å². The molecule has 8 rings (SSSR count). The molecular formula is C51H71ClN8O7Si2. The average Bonchev–Trinajstić information content (AvgIpc) is 4.07. The number of aliphatic hydroxyl groups excluding tert-OH is 2. The van der Waals surface area contributed by atoms with Crippen LogP contribution in [0.25, 0.3) is 11.0 Å². The molecule has 4 aromatic heterocycles. The number of nitrogens with one attached hydrogen (secondary N) is 2. The molecule has 2 aromatic carbocycles. The maximum Gasteiger partial charge on any atom is 0.256 e. The molecule has 2 aliphatic heterocycles. The Kier molecular flexibility index (Phi) is 16.8. The van der Waals surface area contributed by atoms with Crippen molar-refractivity contribution in [3.8, 4) is 0 Å². The Labute approximate surface area is 413 Å². The number of benzene rings is 2. The van der Waals surface area contributed by atoms with E-state index in [9.17, 15) is 19.8 Å². The smallest absolute Gasteiger partial charge is 0.256 e. The van der Waals surface area contributed by atoms with Crippen LogP contribution >= 0.6 is 11.1 Å². The van der Waals surface area contributed by atoms with Crippen molar-refractivity contribution >= 4 is 61.3 Å². The highest BCUT2D eigenvalue weighted by atomic mass is 35.6. The molecule has 2 amide bonds. The second-order valence-corrected chi connectivity index (χ2v) is 32.9. The number of fused-ring (bicyclic) bond motifs is 2. The van der Waals surface area contributed by atoms with Gasteiger partial charge in [0.2, 0.25) is 0 Å². The molecule has 372 valence electrons. The van der Waals surface area contributed by atoms with Crippen LogP contribution in [-0.2, 0) is 13.9 Å². The summed E-state index contributed by atoms with van der Waals surface area (Å²) in [6.45, 7) is 28.6. The van der Waals surface area contributed by atoms with E-state index in [2.05, 4.69) is 112 Å². The van der Waals surface area contributed by atoms with Gasteiger partial charge >= 0.3 is 0 Å². The van der Waals surface area contributed by atoms with Crippen LogP contribution in [0.15, 0.2) is 97.6 Å². The number of rotatable bonds is 10. The number of aliphatic hydroxyl groups is 2. The van der Waals surface area contributed by atoms with Gasteiger partial charge in [0.05, 0.1) is 29.7 Å². The molecule has 0 bridgehead atoms. The van der Waals surface area contributed by atoms with Crippen molar-refractivity contribution in [3.63, 3.8) is 0 Å². The van der Waals surface area contributed by atoms with E-state index in [0.717, 1.165) is 17.6 Å². The van der Waals surface area contributed by atoms with Crippen LogP contribution in [0.2, 0.25) is 36.3 Å². The van der Waals surface area contributed by atoms with Crippen LogP contribution in [0.1, 0.15) is 119 Å². The van der Waals surface area contributed by atoms with Crippen LogP contribution < -0.4 is 10.6 Å². The molecule has 69 heavy (non-hydrogen) atoms. The van der Waals surface area contributed by atoms with Gasteiger partial charge in [0.25, 0.3) is 11.8 Å². The monoisotopic (exact) mass is 998 g/mol. The number of carbonyl (C=O) groups is 2. The van der Waals surface area contributed by atoms with Crippen molar-refractivity contribution in [2.24, 2.45) is 5.92 Å². The van der Waals surface area contributed by atoms with Crippen molar-refractivity contribution in [1.82, 2.24) is 29.2 Å². The summed E-state index contributed by atoms with van der Waals surface area (Å²) in [4.78, 5) is 33.6. The standard InChI is InChI=1S/C26H36N4O3Si.C19H20N4O4.C6H15ClSi/c1-8-21-17(2)22(33-34(6,7)26(3,4)5)23(32-21)19-14-15-20-24(27-16-28-30(19)20)29-25(31)18-12-10-9-11-13-18;1-2-14-15(24)16(25)17(27-14)12-8-9-13-18(20-10-21-23(12)13)22-19(26)11-6-4-3-5-7-11;1-6(2,3)8(4,5)7/h9-17,21-23H,8H2,1-7H3,(H,27,28,29,31);3-10,14-17,24-25H,2H2,1H3,(H,20,21,22,26);1-5H3/t17-,21-,22-,23+;14-,15-,16-,17+;/m11./s1. The van der Waals surface area contributed by atoms with Gasteiger partial charge < -0.3 is 34.7 Å². The summed E-state index contributed by atoms with van der Waals surface area (Å²) >= 11 is 6.15. The topological polar surface area (TPSA) is 187 Å². The number of carbonyl (C=O) groups excluding carboxylic acids is 2. The van der Waals surface area contributed by atoms with E-state index in [-0.39, 0.29) is 41.1 Å². The van der Waals surface area contributed by atoms with E-state index >= 15 is 0 Å². The van der Waals surface area contributed by atoms with Gasteiger partial charge in [-0.1, -0.05) is 112 Å². The number of hydrogen-bond donors (Lipinski definition) is 4. The molecule has 6 heterocycles. The number of amides is 2. The summed E-state index contributed by atoms with van der Waals surface area (Å²) in [5, 5.41) is 35.4. The Balaban J connectivity index is 0.000000199. The molecule has 2 saturated heterocycles. The average molecular weight is 1000 g/mol. The first kappa shape index (κ1) is 53.5. The van der Waals surface area contributed by atoms with Gasteiger partial charge in [-0.15, -0.1) is 0 Å². The SMILES string of the molecule is CC(C)(C)[Si](C)(C)Cl.CC[C@H]1O[C@@H](c2ccc3c(NC(=O)c4ccccc4)ncnn23)[C@H](O)[C@@H]1O.CC[C@H]1O[C@@H](c2ccc3c(NC(=O)c4ccccc4)ncnn23)[C@H](O[Si](C)(C)C(C)(C)C)[C@@H]1C. The third-order valence-corrected chi connectivity index (χ3v) is 23.7. The molecule has 15 nitrogen and oxygen atoms in total. The minimum Gasteiger partial charge on any atom is -0.410 e. The fourth-order valence-electron chi connectivity index (χ4n) is 7.67. The zero-order chi connectivity index (χ0) is 50.6. The summed E-state index contributed by atoms with van der Waals surface area (Å²) < 4.78 is 22.7. The van der Waals surface area contributed by atoms with E-state index in [4.69, 9.17) is 25.0 Å². The first-order valence-electron chi connectivity index (χ1n) is 23.8. The minimum absolute atomic E-state index is 0.0683. The summed E-state index contributed by atoms with van der Waals surface area (Å²) in [7, 11) is -3.41. The Hall–Kier alpha value is -4.86. The number of anilines is 2. The maximum absolute atomic E-state index is 12.7. The molecule has 18 heteroatoms. The quantitative estimate of drug-likeness (QED) is 0.0756. The molecule has 0 spiro atoms. The van der Waals surface area contributed by atoms with Crippen molar-refractivity contribution in [2.45, 2.75) is 154 Å². The molecule has 2 fully saturated rings. The number of ether oxygens (including phenoxy) is 2. The highest BCUT2D eigenvalue weighted by molar-refractivity contribution is 7.20. The fourth-order valence-corrected chi connectivity index (χ4v) is 9.04.